The van der Waals surface area contributed by atoms with Gasteiger partial charge in [-0.3, -0.25) is 14.9 Å². The van der Waals surface area contributed by atoms with Gasteiger partial charge in [-0.2, -0.15) is 0 Å². The third kappa shape index (κ3) is 2.92. The van der Waals surface area contributed by atoms with Crippen LogP contribution in [0.15, 0.2) is 36.4 Å². The standard InChI is InChI=1S/C18H13NO7/c20-14(12-2-4-15-16(8-12)24-6-5-23-15)3-1-11-7-17-18(26-10-25-17)9-13(11)19(21)22/h1-4,7-9H,5-6,10H2. The second-order valence-corrected chi connectivity index (χ2v) is 5.58. The second kappa shape index (κ2) is 6.40. The normalized spacial score (nSPS) is 14.5. The third-order valence-electron chi connectivity index (χ3n) is 3.96. The summed E-state index contributed by atoms with van der Waals surface area (Å²) in [5.41, 5.74) is 0.486. The quantitative estimate of drug-likeness (QED) is 0.360. The van der Waals surface area contributed by atoms with Gasteiger partial charge in [-0.15, -0.1) is 0 Å². The number of carbonyl (C=O) groups excluding carboxylic acids is 1. The van der Waals surface area contributed by atoms with E-state index in [1.807, 2.05) is 0 Å². The highest BCUT2D eigenvalue weighted by atomic mass is 16.7. The average Bonchev–Trinajstić information content (AvgIpc) is 3.12. The lowest BCUT2D eigenvalue weighted by Gasteiger charge is -2.18. The summed E-state index contributed by atoms with van der Waals surface area (Å²) in [6.45, 7) is 0.896. The Kier molecular flexibility index (Phi) is 3.92. The lowest BCUT2D eigenvalue weighted by molar-refractivity contribution is -0.385. The fraction of sp³-hybridized carbons (Fsp3) is 0.167. The highest BCUT2D eigenvalue weighted by molar-refractivity contribution is 6.07. The van der Waals surface area contributed by atoms with E-state index in [0.717, 1.165) is 0 Å². The Labute approximate surface area is 147 Å². The predicted octanol–water partition coefficient (Wildman–Crippen LogP) is 2.99. The Morgan fingerprint density at radius 2 is 1.65 bits per heavy atom. The van der Waals surface area contributed by atoms with Crippen molar-refractivity contribution in [2.45, 2.75) is 0 Å². The molecule has 2 aliphatic heterocycles. The fourth-order valence-electron chi connectivity index (χ4n) is 2.70. The molecule has 26 heavy (non-hydrogen) atoms. The summed E-state index contributed by atoms with van der Waals surface area (Å²) in [5, 5.41) is 11.3. The van der Waals surface area contributed by atoms with Crippen LogP contribution in [0.1, 0.15) is 15.9 Å². The number of benzene rings is 2. The molecule has 132 valence electrons. The number of allylic oxidation sites excluding steroid dienone is 1. The molecule has 2 heterocycles. The summed E-state index contributed by atoms with van der Waals surface area (Å²) in [5.74, 6) is 1.50. The summed E-state index contributed by atoms with van der Waals surface area (Å²) in [6.07, 6.45) is 2.66. The maximum atomic E-state index is 12.4. The van der Waals surface area contributed by atoms with Crippen LogP contribution in [0.2, 0.25) is 0 Å². The van der Waals surface area contributed by atoms with Gasteiger partial charge in [0.25, 0.3) is 5.69 Å². The molecular formula is C18H13NO7. The first-order valence-electron chi connectivity index (χ1n) is 7.82. The van der Waals surface area contributed by atoms with Crippen LogP contribution in [-0.4, -0.2) is 30.7 Å². The summed E-state index contributed by atoms with van der Waals surface area (Å²) < 4.78 is 21.3. The van der Waals surface area contributed by atoms with Crippen LogP contribution in [0.3, 0.4) is 0 Å². The topological polar surface area (TPSA) is 97.1 Å². The molecule has 0 saturated carbocycles. The van der Waals surface area contributed by atoms with Gasteiger partial charge in [-0.05, 0) is 36.4 Å². The van der Waals surface area contributed by atoms with Crippen LogP contribution >= 0.6 is 0 Å². The highest BCUT2D eigenvalue weighted by Gasteiger charge is 2.22. The minimum absolute atomic E-state index is 0.00970. The zero-order valence-electron chi connectivity index (χ0n) is 13.5. The fourth-order valence-corrected chi connectivity index (χ4v) is 2.70. The third-order valence-corrected chi connectivity index (χ3v) is 3.96. The number of nitro benzene ring substituents is 1. The number of hydrogen-bond donors (Lipinski definition) is 0. The Hall–Kier alpha value is -3.55. The first-order valence-corrected chi connectivity index (χ1v) is 7.82. The average molecular weight is 355 g/mol. The summed E-state index contributed by atoms with van der Waals surface area (Å²) in [7, 11) is 0. The Morgan fingerprint density at radius 1 is 0.962 bits per heavy atom. The van der Waals surface area contributed by atoms with Gasteiger partial charge < -0.3 is 18.9 Å². The van der Waals surface area contributed by atoms with Crippen molar-refractivity contribution in [2.75, 3.05) is 20.0 Å². The van der Waals surface area contributed by atoms with E-state index >= 15 is 0 Å². The van der Waals surface area contributed by atoms with Crippen LogP contribution in [0.25, 0.3) is 6.08 Å². The number of nitrogens with zero attached hydrogens (tertiary/aromatic N) is 1. The van der Waals surface area contributed by atoms with Crippen molar-refractivity contribution in [2.24, 2.45) is 0 Å². The summed E-state index contributed by atoms with van der Waals surface area (Å²) in [6, 6.07) is 7.65. The number of ether oxygens (including phenoxy) is 4. The van der Waals surface area contributed by atoms with Crippen LogP contribution in [0.4, 0.5) is 5.69 Å². The van der Waals surface area contributed by atoms with E-state index in [4.69, 9.17) is 18.9 Å². The minimum Gasteiger partial charge on any atom is -0.486 e. The first-order chi connectivity index (χ1) is 12.6. The van der Waals surface area contributed by atoms with Gasteiger partial charge in [0, 0.05) is 5.56 Å². The molecule has 0 unspecified atom stereocenters. The molecule has 0 aromatic heterocycles. The summed E-state index contributed by atoms with van der Waals surface area (Å²) >= 11 is 0. The van der Waals surface area contributed by atoms with E-state index < -0.39 is 4.92 Å². The molecule has 0 amide bonds. The van der Waals surface area contributed by atoms with Gasteiger partial charge in [0.2, 0.25) is 6.79 Å². The summed E-state index contributed by atoms with van der Waals surface area (Å²) in [4.78, 5) is 23.1. The van der Waals surface area contributed by atoms with E-state index in [1.54, 1.807) is 18.2 Å². The largest absolute Gasteiger partial charge is 0.486 e. The molecule has 0 saturated heterocycles. The molecule has 0 spiro atoms. The lowest BCUT2D eigenvalue weighted by atomic mass is 10.1. The zero-order chi connectivity index (χ0) is 18.1. The molecule has 0 N–H and O–H groups in total. The van der Waals surface area contributed by atoms with Gasteiger partial charge in [-0.1, -0.05) is 0 Å². The van der Waals surface area contributed by atoms with Crippen LogP contribution in [0, 0.1) is 10.1 Å². The molecule has 0 bridgehead atoms. The Bertz CT molecular complexity index is 935. The first kappa shape index (κ1) is 15.9. The molecule has 2 aromatic rings. The molecule has 4 rings (SSSR count). The number of nitro groups is 1. The maximum Gasteiger partial charge on any atom is 0.280 e. The molecule has 8 nitrogen and oxygen atoms in total. The number of rotatable bonds is 4. The molecule has 8 heteroatoms. The van der Waals surface area contributed by atoms with Crippen LogP contribution in [0.5, 0.6) is 23.0 Å². The van der Waals surface area contributed by atoms with Gasteiger partial charge in [0.15, 0.2) is 28.8 Å². The van der Waals surface area contributed by atoms with Gasteiger partial charge in [-0.25, -0.2) is 0 Å². The predicted molar refractivity (Wildman–Crippen MR) is 90.0 cm³/mol. The van der Waals surface area contributed by atoms with E-state index in [0.29, 0.717) is 41.8 Å². The number of hydrogen-bond acceptors (Lipinski definition) is 7. The second-order valence-electron chi connectivity index (χ2n) is 5.58. The van der Waals surface area contributed by atoms with Crippen molar-refractivity contribution in [1.82, 2.24) is 0 Å². The van der Waals surface area contributed by atoms with E-state index in [1.165, 1.54) is 24.3 Å². The lowest BCUT2D eigenvalue weighted by Crippen LogP contribution is -2.15. The number of fused-ring (bicyclic) bond motifs is 2. The smallest absolute Gasteiger partial charge is 0.280 e. The molecule has 2 aromatic carbocycles. The number of carbonyl (C=O) groups is 1. The monoisotopic (exact) mass is 355 g/mol. The highest BCUT2D eigenvalue weighted by Crippen LogP contribution is 2.38. The van der Waals surface area contributed by atoms with Crippen molar-refractivity contribution in [3.8, 4) is 23.0 Å². The van der Waals surface area contributed by atoms with Crippen LogP contribution in [-0.2, 0) is 0 Å². The molecule has 2 aliphatic rings. The van der Waals surface area contributed by atoms with Crippen molar-refractivity contribution in [3.05, 3.63) is 57.6 Å². The zero-order valence-corrected chi connectivity index (χ0v) is 13.5. The van der Waals surface area contributed by atoms with Crippen molar-refractivity contribution in [1.29, 1.82) is 0 Å². The molecule has 0 fully saturated rings. The molecular weight excluding hydrogens is 342 g/mol. The molecule has 0 atom stereocenters. The van der Waals surface area contributed by atoms with Gasteiger partial charge >= 0.3 is 0 Å². The Morgan fingerprint density at radius 3 is 2.42 bits per heavy atom. The van der Waals surface area contributed by atoms with Crippen molar-refractivity contribution >= 4 is 17.5 Å². The van der Waals surface area contributed by atoms with Crippen molar-refractivity contribution < 1.29 is 28.7 Å². The van der Waals surface area contributed by atoms with E-state index in [2.05, 4.69) is 0 Å². The number of ketones is 1. The van der Waals surface area contributed by atoms with Gasteiger partial charge in [0.1, 0.15) is 13.2 Å². The molecule has 0 aliphatic carbocycles. The van der Waals surface area contributed by atoms with E-state index in [9.17, 15) is 14.9 Å². The van der Waals surface area contributed by atoms with Crippen LogP contribution < -0.4 is 18.9 Å². The minimum atomic E-state index is -0.532. The SMILES string of the molecule is O=C(C=Cc1cc2c(cc1[N+](=O)[O-])OCO2)c1ccc2c(c1)OCCO2. The molecule has 0 radical (unpaired) electrons. The maximum absolute atomic E-state index is 12.4. The Balaban J connectivity index is 1.62. The van der Waals surface area contributed by atoms with Gasteiger partial charge in [0.05, 0.1) is 16.6 Å². The van der Waals surface area contributed by atoms with E-state index in [-0.39, 0.29) is 23.8 Å². The van der Waals surface area contributed by atoms with Crippen molar-refractivity contribution in [3.63, 3.8) is 0 Å².